The molecule has 1 heterocycles. The molecule has 0 spiro atoms. The van der Waals surface area contributed by atoms with Crippen LogP contribution in [0.4, 0.5) is 10.7 Å². The summed E-state index contributed by atoms with van der Waals surface area (Å²) in [7, 11) is 1.53. The van der Waals surface area contributed by atoms with Crippen molar-refractivity contribution in [3.63, 3.8) is 0 Å². The van der Waals surface area contributed by atoms with Crippen molar-refractivity contribution in [1.82, 2.24) is 10.6 Å². The molecule has 0 aliphatic carbocycles. The van der Waals surface area contributed by atoms with Crippen LogP contribution in [-0.4, -0.2) is 31.4 Å². The highest BCUT2D eigenvalue weighted by molar-refractivity contribution is 7.19. The molecule has 1 aromatic rings. The Morgan fingerprint density at radius 3 is 2.62 bits per heavy atom. The smallest absolute Gasteiger partial charge is 0.263 e. The highest BCUT2D eigenvalue weighted by atomic mass is 32.1. The van der Waals surface area contributed by atoms with Crippen molar-refractivity contribution in [3.05, 3.63) is 23.1 Å². The number of carbonyl (C=O) groups excluding carboxylic acids is 2. The van der Waals surface area contributed by atoms with Crippen LogP contribution < -0.4 is 21.7 Å². The zero-order valence-corrected chi connectivity index (χ0v) is 13.4. The monoisotopic (exact) mass is 310 g/mol. The highest BCUT2D eigenvalue weighted by Gasteiger charge is 2.25. The molecule has 1 unspecified atom stereocenters. The number of hydrogen-bond acceptors (Lipinski definition) is 5. The molecule has 1 atom stereocenters. The summed E-state index contributed by atoms with van der Waals surface area (Å²) >= 11 is 1.19. The molecule has 5 N–H and O–H groups in total. The maximum Gasteiger partial charge on any atom is 0.263 e. The number of carbonyl (C=O) groups is 2. The molecule has 0 fully saturated rings. The molecule has 1 rings (SSSR count). The second-order valence-corrected chi connectivity index (χ2v) is 5.60. The van der Waals surface area contributed by atoms with Gasteiger partial charge in [0.15, 0.2) is 0 Å². The molecule has 0 aromatic carbocycles. The lowest BCUT2D eigenvalue weighted by Crippen LogP contribution is -2.24. The number of nitrogen functional groups attached to an aromatic ring is 1. The van der Waals surface area contributed by atoms with Gasteiger partial charge in [-0.25, -0.2) is 0 Å². The summed E-state index contributed by atoms with van der Waals surface area (Å²) in [5, 5.41) is 9.06. The summed E-state index contributed by atoms with van der Waals surface area (Å²) in [5.74, 6) is -0.614. The van der Waals surface area contributed by atoms with Crippen molar-refractivity contribution in [2.24, 2.45) is 0 Å². The molecule has 7 heteroatoms. The molecular formula is C14H22N4O2S. The van der Waals surface area contributed by atoms with E-state index in [0.29, 0.717) is 22.0 Å². The number of thiophene rings is 1. The summed E-state index contributed by atoms with van der Waals surface area (Å²) < 4.78 is 0. The first kappa shape index (κ1) is 17.0. The first-order valence-electron chi connectivity index (χ1n) is 6.76. The molecule has 0 bridgehead atoms. The van der Waals surface area contributed by atoms with Crippen LogP contribution in [0.25, 0.3) is 0 Å². The first-order valence-corrected chi connectivity index (χ1v) is 7.57. The highest BCUT2D eigenvalue weighted by Crippen LogP contribution is 2.36. The van der Waals surface area contributed by atoms with Gasteiger partial charge in [0.25, 0.3) is 11.8 Å². The van der Waals surface area contributed by atoms with E-state index in [1.807, 2.05) is 13.8 Å². The summed E-state index contributed by atoms with van der Waals surface area (Å²) in [4.78, 5) is 24.4. The number of hydrogen-bond donors (Lipinski definition) is 4. The predicted octanol–water partition coefficient (Wildman–Crippen LogP) is 1.82. The van der Waals surface area contributed by atoms with Crippen molar-refractivity contribution in [2.75, 3.05) is 24.6 Å². The topological polar surface area (TPSA) is 96.2 Å². The van der Waals surface area contributed by atoms with Crippen LogP contribution >= 0.6 is 11.3 Å². The Balaban J connectivity index is 3.19. The Labute approximate surface area is 128 Å². The Kier molecular flexibility index (Phi) is 6.23. The predicted molar refractivity (Wildman–Crippen MR) is 88.0 cm³/mol. The number of anilines is 2. The van der Waals surface area contributed by atoms with Gasteiger partial charge in [0.05, 0.1) is 11.3 Å². The third-order valence-electron chi connectivity index (χ3n) is 3.00. The third kappa shape index (κ3) is 3.98. The van der Waals surface area contributed by atoms with Gasteiger partial charge in [0.2, 0.25) is 0 Å². The third-order valence-corrected chi connectivity index (χ3v) is 4.14. The average molecular weight is 310 g/mol. The number of nitrogens with two attached hydrogens (primary N) is 1. The first-order chi connectivity index (χ1) is 9.96. The Bertz CT molecular complexity index is 539. The van der Waals surface area contributed by atoms with Crippen molar-refractivity contribution < 1.29 is 9.59 Å². The lowest BCUT2D eigenvalue weighted by atomic mass is 10.2. The SMILES string of the molecule is C=CCNC(=O)c1sc(NC(C)CC)c(C(=O)NC)c1N. The van der Waals surface area contributed by atoms with E-state index in [1.54, 1.807) is 6.08 Å². The molecule has 0 saturated carbocycles. The van der Waals surface area contributed by atoms with Gasteiger partial charge in [0, 0.05) is 19.6 Å². The van der Waals surface area contributed by atoms with Gasteiger partial charge in [0.1, 0.15) is 9.88 Å². The fourth-order valence-corrected chi connectivity index (χ4v) is 2.78. The van der Waals surface area contributed by atoms with Crippen molar-refractivity contribution in [1.29, 1.82) is 0 Å². The van der Waals surface area contributed by atoms with E-state index in [0.717, 1.165) is 6.42 Å². The van der Waals surface area contributed by atoms with Crippen LogP contribution in [0.15, 0.2) is 12.7 Å². The van der Waals surface area contributed by atoms with Gasteiger partial charge in [-0.15, -0.1) is 17.9 Å². The molecule has 6 nitrogen and oxygen atoms in total. The van der Waals surface area contributed by atoms with E-state index >= 15 is 0 Å². The summed E-state index contributed by atoms with van der Waals surface area (Å²) in [6.07, 6.45) is 2.47. The minimum absolute atomic E-state index is 0.176. The van der Waals surface area contributed by atoms with Crippen LogP contribution in [0, 0.1) is 0 Å². The second-order valence-electron chi connectivity index (χ2n) is 4.58. The lowest BCUT2D eigenvalue weighted by Gasteiger charge is -2.12. The molecule has 0 radical (unpaired) electrons. The minimum atomic E-state index is -0.308. The molecule has 0 aliphatic rings. The molecule has 1 aromatic heterocycles. The average Bonchev–Trinajstić information content (AvgIpc) is 2.80. The van der Waals surface area contributed by atoms with Crippen molar-refractivity contribution in [2.45, 2.75) is 26.3 Å². The number of nitrogens with one attached hydrogen (secondary N) is 3. The number of amides is 2. The maximum absolute atomic E-state index is 12.1. The molecule has 116 valence electrons. The summed E-state index contributed by atoms with van der Waals surface area (Å²) in [6.45, 7) is 7.93. The van der Waals surface area contributed by atoms with E-state index in [-0.39, 0.29) is 23.5 Å². The van der Waals surface area contributed by atoms with Crippen LogP contribution in [-0.2, 0) is 0 Å². The van der Waals surface area contributed by atoms with E-state index in [9.17, 15) is 9.59 Å². The fraction of sp³-hybridized carbons (Fsp3) is 0.429. The molecular weight excluding hydrogens is 288 g/mol. The summed E-state index contributed by atoms with van der Waals surface area (Å²) in [5.41, 5.74) is 6.52. The molecule has 2 amide bonds. The van der Waals surface area contributed by atoms with E-state index < -0.39 is 0 Å². The van der Waals surface area contributed by atoms with Crippen LogP contribution in [0.3, 0.4) is 0 Å². The van der Waals surface area contributed by atoms with Gasteiger partial charge in [-0.1, -0.05) is 13.0 Å². The number of rotatable bonds is 7. The standard InChI is InChI=1S/C14H22N4O2S/c1-5-7-17-13(20)11-10(15)9(12(19)16-4)14(21-11)18-8(3)6-2/h5,8,18H,1,6-7,15H2,2-4H3,(H,16,19)(H,17,20). The molecule has 0 saturated heterocycles. The van der Waals surface area contributed by atoms with Gasteiger partial charge in [-0.05, 0) is 13.3 Å². The maximum atomic E-state index is 12.1. The van der Waals surface area contributed by atoms with Crippen LogP contribution in [0.1, 0.15) is 40.3 Å². The fourth-order valence-electron chi connectivity index (χ4n) is 1.64. The Morgan fingerprint density at radius 1 is 1.43 bits per heavy atom. The normalized spacial score (nSPS) is 11.6. The van der Waals surface area contributed by atoms with E-state index in [2.05, 4.69) is 22.5 Å². The minimum Gasteiger partial charge on any atom is -0.397 e. The lowest BCUT2D eigenvalue weighted by molar-refractivity contribution is 0.0960. The summed E-state index contributed by atoms with van der Waals surface area (Å²) in [6, 6.07) is 0.176. The zero-order valence-electron chi connectivity index (χ0n) is 12.6. The zero-order chi connectivity index (χ0) is 16.0. The van der Waals surface area contributed by atoms with Gasteiger partial charge < -0.3 is 21.7 Å². The van der Waals surface area contributed by atoms with Gasteiger partial charge in [-0.3, -0.25) is 9.59 Å². The Hall–Kier alpha value is -2.02. The van der Waals surface area contributed by atoms with Gasteiger partial charge >= 0.3 is 0 Å². The Morgan fingerprint density at radius 2 is 2.10 bits per heavy atom. The molecule has 21 heavy (non-hydrogen) atoms. The van der Waals surface area contributed by atoms with E-state index in [4.69, 9.17) is 5.73 Å². The van der Waals surface area contributed by atoms with Gasteiger partial charge in [-0.2, -0.15) is 0 Å². The van der Waals surface area contributed by atoms with E-state index in [1.165, 1.54) is 18.4 Å². The second kappa shape index (κ2) is 7.68. The van der Waals surface area contributed by atoms with Crippen LogP contribution in [0.5, 0.6) is 0 Å². The van der Waals surface area contributed by atoms with Crippen LogP contribution in [0.2, 0.25) is 0 Å². The quantitative estimate of drug-likeness (QED) is 0.578. The van der Waals surface area contributed by atoms with Crippen molar-refractivity contribution >= 4 is 33.8 Å². The molecule has 0 aliphatic heterocycles. The van der Waals surface area contributed by atoms with Crippen molar-refractivity contribution in [3.8, 4) is 0 Å². The largest absolute Gasteiger partial charge is 0.397 e.